The zero-order valence-electron chi connectivity index (χ0n) is 11.0. The number of aryl methyl sites for hydroxylation is 1. The normalized spacial score (nSPS) is 11.1. The summed E-state index contributed by atoms with van der Waals surface area (Å²) in [6.45, 7) is 1.19. The number of imidazole rings is 1. The van der Waals surface area contributed by atoms with Crippen molar-refractivity contribution < 1.29 is 23.1 Å². The maximum atomic E-state index is 12.0. The summed E-state index contributed by atoms with van der Waals surface area (Å²) in [4.78, 5) is 16.8. The number of rotatable bonds is 6. The third-order valence-corrected chi connectivity index (χ3v) is 3.73. The highest BCUT2D eigenvalue weighted by Crippen LogP contribution is 2.18. The number of anilines is 1. The average Bonchev–Trinajstić information content (AvgIpc) is 2.85. The van der Waals surface area contributed by atoms with E-state index in [0.29, 0.717) is 17.3 Å². The molecule has 0 aliphatic carbocycles. The first-order chi connectivity index (χ1) is 9.87. The lowest BCUT2D eigenvalue weighted by Gasteiger charge is -2.07. The fourth-order valence-electron chi connectivity index (χ4n) is 1.51. The Hall–Kier alpha value is -2.55. The minimum atomic E-state index is -3.73. The molecule has 0 aliphatic heterocycles. The Morgan fingerprint density at radius 3 is 2.57 bits per heavy atom. The van der Waals surface area contributed by atoms with E-state index >= 15 is 0 Å². The van der Waals surface area contributed by atoms with Crippen molar-refractivity contribution in [3.05, 3.63) is 36.3 Å². The number of nitrogens with zero attached hydrogens (tertiary/aromatic N) is 1. The van der Waals surface area contributed by atoms with Crippen LogP contribution in [0, 0.1) is 6.92 Å². The summed E-state index contributed by atoms with van der Waals surface area (Å²) >= 11 is 0. The highest BCUT2D eigenvalue weighted by molar-refractivity contribution is 7.92. The zero-order chi connectivity index (χ0) is 15.5. The van der Waals surface area contributed by atoms with Crippen LogP contribution in [0.25, 0.3) is 0 Å². The molecular weight excluding hydrogens is 298 g/mol. The van der Waals surface area contributed by atoms with Gasteiger partial charge in [0.1, 0.15) is 11.6 Å². The maximum absolute atomic E-state index is 12.0. The standard InChI is InChI=1S/C12H13N3O5S/c1-8-13-6-11(14-8)21(18,19)15-9-2-4-10(5-3-9)20-7-12(16)17/h2-6,15H,7H2,1H3,(H,13,14)(H,16,17). The Morgan fingerprint density at radius 2 is 2.05 bits per heavy atom. The highest BCUT2D eigenvalue weighted by atomic mass is 32.2. The monoisotopic (exact) mass is 311 g/mol. The Labute approximate surface area is 120 Å². The second-order valence-corrected chi connectivity index (χ2v) is 5.80. The molecule has 0 radical (unpaired) electrons. The number of H-pyrrole nitrogens is 1. The lowest BCUT2D eigenvalue weighted by molar-refractivity contribution is -0.139. The summed E-state index contributed by atoms with van der Waals surface area (Å²) in [5.74, 6) is -0.264. The Balaban J connectivity index is 2.08. The number of sulfonamides is 1. The van der Waals surface area contributed by atoms with Gasteiger partial charge < -0.3 is 14.8 Å². The Morgan fingerprint density at radius 1 is 1.38 bits per heavy atom. The number of hydrogen-bond donors (Lipinski definition) is 3. The summed E-state index contributed by atoms with van der Waals surface area (Å²) in [7, 11) is -3.73. The quantitative estimate of drug-likeness (QED) is 0.731. The van der Waals surface area contributed by atoms with Gasteiger partial charge in [0.15, 0.2) is 11.6 Å². The van der Waals surface area contributed by atoms with E-state index in [2.05, 4.69) is 14.7 Å². The van der Waals surface area contributed by atoms with Crippen LogP contribution in [-0.2, 0) is 14.8 Å². The molecule has 112 valence electrons. The number of ether oxygens (including phenoxy) is 1. The van der Waals surface area contributed by atoms with E-state index in [0.717, 1.165) is 0 Å². The first kappa shape index (κ1) is 14.9. The van der Waals surface area contributed by atoms with Crippen molar-refractivity contribution in [1.82, 2.24) is 9.97 Å². The average molecular weight is 311 g/mol. The molecule has 0 saturated heterocycles. The molecule has 2 aromatic rings. The largest absolute Gasteiger partial charge is 0.482 e. The van der Waals surface area contributed by atoms with E-state index in [1.54, 1.807) is 6.92 Å². The number of nitrogens with one attached hydrogen (secondary N) is 2. The molecular formula is C12H13N3O5S. The summed E-state index contributed by atoms with van der Waals surface area (Å²) in [6, 6.07) is 5.88. The number of benzene rings is 1. The lowest BCUT2D eigenvalue weighted by atomic mass is 10.3. The van der Waals surface area contributed by atoms with E-state index in [1.807, 2.05) is 0 Å². The number of carbonyl (C=O) groups is 1. The van der Waals surface area contributed by atoms with Gasteiger partial charge in [-0.25, -0.2) is 9.78 Å². The van der Waals surface area contributed by atoms with Gasteiger partial charge in [0, 0.05) is 5.69 Å². The van der Waals surface area contributed by atoms with Gasteiger partial charge in [-0.2, -0.15) is 8.42 Å². The second kappa shape index (κ2) is 5.83. The van der Waals surface area contributed by atoms with Crippen molar-refractivity contribution in [3.63, 3.8) is 0 Å². The van der Waals surface area contributed by atoms with Crippen LogP contribution >= 0.6 is 0 Å². The molecule has 1 aromatic heterocycles. The van der Waals surface area contributed by atoms with Crippen molar-refractivity contribution in [2.75, 3.05) is 11.3 Å². The second-order valence-electron chi connectivity index (χ2n) is 4.15. The van der Waals surface area contributed by atoms with Crippen LogP contribution in [0.5, 0.6) is 5.75 Å². The Bertz CT molecular complexity index is 737. The van der Waals surface area contributed by atoms with Crippen molar-refractivity contribution in [2.45, 2.75) is 11.9 Å². The van der Waals surface area contributed by atoms with Crippen LogP contribution in [0.15, 0.2) is 35.5 Å². The predicted molar refractivity (Wildman–Crippen MR) is 73.7 cm³/mol. The van der Waals surface area contributed by atoms with Gasteiger partial charge >= 0.3 is 5.97 Å². The molecule has 0 amide bonds. The summed E-state index contributed by atoms with van der Waals surface area (Å²) in [5.41, 5.74) is 0.324. The lowest BCUT2D eigenvalue weighted by Crippen LogP contribution is -2.13. The van der Waals surface area contributed by atoms with Gasteiger partial charge in [-0.3, -0.25) is 4.72 Å². The first-order valence-electron chi connectivity index (χ1n) is 5.86. The van der Waals surface area contributed by atoms with Crippen molar-refractivity contribution in [2.24, 2.45) is 0 Å². The molecule has 2 rings (SSSR count). The van der Waals surface area contributed by atoms with Gasteiger partial charge in [-0.1, -0.05) is 0 Å². The topological polar surface area (TPSA) is 121 Å². The summed E-state index contributed by atoms with van der Waals surface area (Å²) in [5, 5.41) is 8.45. The first-order valence-corrected chi connectivity index (χ1v) is 7.34. The molecule has 0 aliphatic rings. The van der Waals surface area contributed by atoms with Gasteiger partial charge in [0.2, 0.25) is 0 Å². The molecule has 0 fully saturated rings. The summed E-state index contributed by atoms with van der Waals surface area (Å²) in [6.07, 6.45) is 1.22. The number of hydrogen-bond acceptors (Lipinski definition) is 5. The van der Waals surface area contributed by atoms with E-state index in [9.17, 15) is 13.2 Å². The third kappa shape index (κ3) is 3.96. The van der Waals surface area contributed by atoms with Gasteiger partial charge in [-0.15, -0.1) is 0 Å². The third-order valence-electron chi connectivity index (χ3n) is 2.44. The minimum absolute atomic E-state index is 0.0359. The molecule has 21 heavy (non-hydrogen) atoms. The molecule has 0 atom stereocenters. The summed E-state index contributed by atoms with van der Waals surface area (Å²) < 4.78 is 31.4. The predicted octanol–water partition coefficient (Wildman–Crippen LogP) is 0.982. The van der Waals surface area contributed by atoms with E-state index < -0.39 is 22.6 Å². The molecule has 1 heterocycles. The van der Waals surface area contributed by atoms with E-state index in [4.69, 9.17) is 9.84 Å². The SMILES string of the molecule is Cc1ncc(S(=O)(=O)Nc2ccc(OCC(=O)O)cc2)[nH]1. The van der Waals surface area contributed by atoms with Crippen molar-refractivity contribution >= 4 is 21.7 Å². The Kier molecular flexibility index (Phi) is 4.13. The van der Waals surface area contributed by atoms with Gasteiger partial charge in [0.05, 0.1) is 6.20 Å². The number of carboxylic acids is 1. The molecule has 1 aromatic carbocycles. The van der Waals surface area contributed by atoms with Crippen LogP contribution in [-0.4, -0.2) is 36.1 Å². The smallest absolute Gasteiger partial charge is 0.341 e. The fraction of sp³-hybridized carbons (Fsp3) is 0.167. The number of carboxylic acid groups (broad SMARTS) is 1. The van der Waals surface area contributed by atoms with Crippen LogP contribution in [0.3, 0.4) is 0 Å². The maximum Gasteiger partial charge on any atom is 0.341 e. The van der Waals surface area contributed by atoms with E-state index in [-0.39, 0.29) is 5.03 Å². The number of aromatic nitrogens is 2. The molecule has 9 heteroatoms. The van der Waals surface area contributed by atoms with Crippen LogP contribution < -0.4 is 9.46 Å². The van der Waals surface area contributed by atoms with Crippen molar-refractivity contribution in [3.8, 4) is 5.75 Å². The van der Waals surface area contributed by atoms with Crippen LogP contribution in [0.4, 0.5) is 5.69 Å². The molecule has 0 bridgehead atoms. The van der Waals surface area contributed by atoms with Gasteiger partial charge in [-0.05, 0) is 31.2 Å². The van der Waals surface area contributed by atoms with Gasteiger partial charge in [0.25, 0.3) is 10.0 Å². The number of aliphatic carboxylic acids is 1. The van der Waals surface area contributed by atoms with Crippen LogP contribution in [0.2, 0.25) is 0 Å². The highest BCUT2D eigenvalue weighted by Gasteiger charge is 2.16. The molecule has 0 unspecified atom stereocenters. The molecule has 0 spiro atoms. The van der Waals surface area contributed by atoms with E-state index in [1.165, 1.54) is 30.5 Å². The molecule has 8 nitrogen and oxygen atoms in total. The molecule has 0 saturated carbocycles. The molecule has 3 N–H and O–H groups in total. The zero-order valence-corrected chi connectivity index (χ0v) is 11.8. The van der Waals surface area contributed by atoms with Crippen LogP contribution in [0.1, 0.15) is 5.82 Å². The number of aromatic amines is 1. The minimum Gasteiger partial charge on any atom is -0.482 e. The fourth-order valence-corrected chi connectivity index (χ4v) is 2.54. The van der Waals surface area contributed by atoms with Crippen molar-refractivity contribution in [1.29, 1.82) is 0 Å².